The minimum Gasteiger partial charge on any atom is -0.343 e. The summed E-state index contributed by atoms with van der Waals surface area (Å²) >= 11 is 0. The summed E-state index contributed by atoms with van der Waals surface area (Å²) in [7, 11) is 3.44. The zero-order valence-electron chi connectivity index (χ0n) is 14.2. The molecule has 2 aromatic rings. The standard InChI is InChI=1S/C17H22N4O3/c1-11(22)21-8-6-12(7-9-21)16(23)18-13-4-5-14-15(10-13)20(3)17(24)19(14)2/h4-5,10,12H,6-9H2,1-3H3,(H,18,23). The van der Waals surface area contributed by atoms with Crippen molar-refractivity contribution in [2.75, 3.05) is 18.4 Å². The first-order valence-corrected chi connectivity index (χ1v) is 8.10. The highest BCUT2D eigenvalue weighted by atomic mass is 16.2. The molecule has 1 saturated heterocycles. The molecule has 1 aromatic heterocycles. The highest BCUT2D eigenvalue weighted by Gasteiger charge is 2.26. The molecule has 7 heteroatoms. The minimum atomic E-state index is -0.0925. The Hall–Kier alpha value is -2.57. The average molecular weight is 330 g/mol. The lowest BCUT2D eigenvalue weighted by Crippen LogP contribution is -2.40. The van der Waals surface area contributed by atoms with Gasteiger partial charge in [0.1, 0.15) is 0 Å². The van der Waals surface area contributed by atoms with Gasteiger partial charge in [0.25, 0.3) is 0 Å². The molecule has 1 fully saturated rings. The van der Waals surface area contributed by atoms with Gasteiger partial charge in [0, 0.05) is 45.7 Å². The van der Waals surface area contributed by atoms with Crippen molar-refractivity contribution in [2.45, 2.75) is 19.8 Å². The van der Waals surface area contributed by atoms with Gasteiger partial charge in [0.2, 0.25) is 11.8 Å². The summed E-state index contributed by atoms with van der Waals surface area (Å²) in [6.45, 7) is 2.80. The van der Waals surface area contributed by atoms with E-state index in [9.17, 15) is 14.4 Å². The topological polar surface area (TPSA) is 76.3 Å². The van der Waals surface area contributed by atoms with Gasteiger partial charge in [0.15, 0.2) is 0 Å². The van der Waals surface area contributed by atoms with Gasteiger partial charge in [-0.25, -0.2) is 4.79 Å². The van der Waals surface area contributed by atoms with Crippen LogP contribution in [0.25, 0.3) is 11.0 Å². The van der Waals surface area contributed by atoms with Crippen molar-refractivity contribution >= 4 is 28.5 Å². The Labute approximate surface area is 139 Å². The van der Waals surface area contributed by atoms with Gasteiger partial charge < -0.3 is 10.2 Å². The number of hydrogen-bond acceptors (Lipinski definition) is 3. The van der Waals surface area contributed by atoms with E-state index in [0.717, 1.165) is 11.0 Å². The number of aromatic nitrogens is 2. The molecule has 1 N–H and O–H groups in total. The molecule has 7 nitrogen and oxygen atoms in total. The van der Waals surface area contributed by atoms with Crippen LogP contribution in [0.2, 0.25) is 0 Å². The smallest absolute Gasteiger partial charge is 0.328 e. The van der Waals surface area contributed by atoms with E-state index in [1.807, 2.05) is 18.2 Å². The molecule has 0 spiro atoms. The molecule has 3 rings (SSSR count). The van der Waals surface area contributed by atoms with Gasteiger partial charge in [-0.3, -0.25) is 18.7 Å². The summed E-state index contributed by atoms with van der Waals surface area (Å²) in [5.74, 6) is -0.0568. The van der Waals surface area contributed by atoms with E-state index in [1.54, 1.807) is 35.1 Å². The molecular formula is C17H22N4O3. The third kappa shape index (κ3) is 2.81. The molecule has 0 atom stereocenters. The van der Waals surface area contributed by atoms with Gasteiger partial charge in [-0.05, 0) is 31.0 Å². The number of amides is 2. The first kappa shape index (κ1) is 16.3. The van der Waals surface area contributed by atoms with Crippen LogP contribution in [0.4, 0.5) is 5.69 Å². The molecule has 1 aromatic carbocycles. The molecule has 0 saturated carbocycles. The fourth-order valence-corrected chi connectivity index (χ4v) is 3.29. The number of imidazole rings is 1. The molecule has 0 radical (unpaired) electrons. The fraction of sp³-hybridized carbons (Fsp3) is 0.471. The molecule has 0 bridgehead atoms. The summed E-state index contributed by atoms with van der Waals surface area (Å²) in [5, 5.41) is 2.94. The highest BCUT2D eigenvalue weighted by molar-refractivity contribution is 5.94. The monoisotopic (exact) mass is 330 g/mol. The number of likely N-dealkylation sites (tertiary alicyclic amines) is 1. The van der Waals surface area contributed by atoms with Crippen LogP contribution in [0.15, 0.2) is 23.0 Å². The third-order valence-corrected chi connectivity index (χ3v) is 4.85. The van der Waals surface area contributed by atoms with E-state index >= 15 is 0 Å². The largest absolute Gasteiger partial charge is 0.343 e. The Morgan fingerprint density at radius 2 is 1.71 bits per heavy atom. The summed E-state index contributed by atoms with van der Waals surface area (Å²) in [6.07, 6.45) is 1.36. The quantitative estimate of drug-likeness (QED) is 0.895. The number of nitrogens with zero attached hydrogens (tertiary/aromatic N) is 3. The Bertz CT molecular complexity index is 857. The van der Waals surface area contributed by atoms with Crippen molar-refractivity contribution in [3.8, 4) is 0 Å². The number of hydrogen-bond donors (Lipinski definition) is 1. The average Bonchev–Trinajstić information content (AvgIpc) is 2.79. The summed E-state index contributed by atoms with van der Waals surface area (Å²) in [5.41, 5.74) is 2.20. The van der Waals surface area contributed by atoms with Crippen LogP contribution in [-0.2, 0) is 23.7 Å². The van der Waals surface area contributed by atoms with E-state index in [1.165, 1.54) is 0 Å². The van der Waals surface area contributed by atoms with Crippen LogP contribution in [0.1, 0.15) is 19.8 Å². The highest BCUT2D eigenvalue weighted by Crippen LogP contribution is 2.22. The maximum atomic E-state index is 12.4. The molecule has 1 aliphatic rings. The number of piperidine rings is 1. The zero-order chi connectivity index (χ0) is 17.4. The van der Waals surface area contributed by atoms with Crippen molar-refractivity contribution in [1.82, 2.24) is 14.0 Å². The number of carbonyl (C=O) groups is 2. The second-order valence-corrected chi connectivity index (χ2v) is 6.37. The van der Waals surface area contributed by atoms with E-state index in [2.05, 4.69) is 5.32 Å². The van der Waals surface area contributed by atoms with Crippen LogP contribution in [-0.4, -0.2) is 38.9 Å². The Kier molecular flexibility index (Phi) is 4.17. The van der Waals surface area contributed by atoms with Gasteiger partial charge in [-0.15, -0.1) is 0 Å². The molecule has 0 aliphatic carbocycles. The van der Waals surface area contributed by atoms with Gasteiger partial charge in [-0.2, -0.15) is 0 Å². The van der Waals surface area contributed by atoms with E-state index in [-0.39, 0.29) is 23.4 Å². The first-order chi connectivity index (χ1) is 11.4. The molecule has 2 heterocycles. The Morgan fingerprint density at radius 3 is 2.33 bits per heavy atom. The Morgan fingerprint density at radius 1 is 1.08 bits per heavy atom. The van der Waals surface area contributed by atoms with Crippen LogP contribution < -0.4 is 11.0 Å². The predicted molar refractivity (Wildman–Crippen MR) is 91.8 cm³/mol. The van der Waals surface area contributed by atoms with Crippen LogP contribution in [0.3, 0.4) is 0 Å². The molecule has 128 valence electrons. The second kappa shape index (κ2) is 6.14. The summed E-state index contributed by atoms with van der Waals surface area (Å²) < 4.78 is 3.15. The molecule has 24 heavy (non-hydrogen) atoms. The van der Waals surface area contributed by atoms with E-state index < -0.39 is 0 Å². The van der Waals surface area contributed by atoms with Crippen molar-refractivity contribution in [2.24, 2.45) is 20.0 Å². The number of aryl methyl sites for hydroxylation is 2. The van der Waals surface area contributed by atoms with Gasteiger partial charge in [-0.1, -0.05) is 0 Å². The van der Waals surface area contributed by atoms with Gasteiger partial charge >= 0.3 is 5.69 Å². The number of anilines is 1. The van der Waals surface area contributed by atoms with Crippen LogP contribution >= 0.6 is 0 Å². The normalized spacial score (nSPS) is 15.7. The lowest BCUT2D eigenvalue weighted by molar-refractivity contribution is -0.132. The molecular weight excluding hydrogens is 308 g/mol. The van der Waals surface area contributed by atoms with Crippen molar-refractivity contribution in [3.63, 3.8) is 0 Å². The number of rotatable bonds is 2. The number of carbonyl (C=O) groups excluding carboxylic acids is 2. The number of nitrogens with one attached hydrogen (secondary N) is 1. The summed E-state index contributed by atoms with van der Waals surface area (Å²) in [6, 6.07) is 5.47. The minimum absolute atomic E-state index is 0.0292. The van der Waals surface area contributed by atoms with Crippen molar-refractivity contribution in [3.05, 3.63) is 28.7 Å². The fourth-order valence-electron chi connectivity index (χ4n) is 3.29. The molecule has 0 unspecified atom stereocenters. The van der Waals surface area contributed by atoms with E-state index in [0.29, 0.717) is 31.6 Å². The third-order valence-electron chi connectivity index (χ3n) is 4.85. The predicted octanol–water partition coefficient (Wildman–Crippen LogP) is 1.07. The zero-order valence-corrected chi connectivity index (χ0v) is 14.2. The van der Waals surface area contributed by atoms with Crippen molar-refractivity contribution in [1.29, 1.82) is 0 Å². The first-order valence-electron chi connectivity index (χ1n) is 8.10. The van der Waals surface area contributed by atoms with E-state index in [4.69, 9.17) is 0 Å². The SMILES string of the molecule is CC(=O)N1CCC(C(=O)Nc2ccc3c(c2)n(C)c(=O)n3C)CC1. The van der Waals surface area contributed by atoms with Crippen molar-refractivity contribution < 1.29 is 9.59 Å². The maximum absolute atomic E-state index is 12.4. The maximum Gasteiger partial charge on any atom is 0.328 e. The second-order valence-electron chi connectivity index (χ2n) is 6.37. The molecule has 2 amide bonds. The lowest BCUT2D eigenvalue weighted by Gasteiger charge is -2.30. The Balaban J connectivity index is 1.73. The van der Waals surface area contributed by atoms with Gasteiger partial charge in [0.05, 0.1) is 11.0 Å². The van der Waals surface area contributed by atoms with Crippen LogP contribution in [0, 0.1) is 5.92 Å². The van der Waals surface area contributed by atoms with Crippen LogP contribution in [0.5, 0.6) is 0 Å². The number of benzene rings is 1. The number of fused-ring (bicyclic) bond motifs is 1. The lowest BCUT2D eigenvalue weighted by atomic mass is 9.96. The summed E-state index contributed by atoms with van der Waals surface area (Å²) in [4.78, 5) is 37.5. The molecule has 1 aliphatic heterocycles.